The molecule has 0 aromatic carbocycles. The summed E-state index contributed by atoms with van der Waals surface area (Å²) < 4.78 is 7.34. The predicted octanol–water partition coefficient (Wildman–Crippen LogP) is -0.286. The lowest BCUT2D eigenvalue weighted by atomic mass is 10.3. The van der Waals surface area contributed by atoms with E-state index in [1.54, 1.807) is 0 Å². The molecule has 2 aromatic rings. The predicted molar refractivity (Wildman–Crippen MR) is 118 cm³/mol. The molecular formula is C21H32N8O2. The first kappa shape index (κ1) is 21.5. The zero-order valence-corrected chi connectivity index (χ0v) is 18.2. The summed E-state index contributed by atoms with van der Waals surface area (Å²) in [7, 11) is 0. The van der Waals surface area contributed by atoms with Crippen LogP contribution in [0.15, 0.2) is 29.4 Å². The number of morpholine rings is 1. The molecule has 2 aromatic heterocycles. The first-order valence-corrected chi connectivity index (χ1v) is 11.1. The van der Waals surface area contributed by atoms with E-state index in [9.17, 15) is 4.79 Å². The number of hydrogen-bond acceptors (Lipinski definition) is 6. The lowest BCUT2D eigenvalue weighted by Gasteiger charge is -2.37. The summed E-state index contributed by atoms with van der Waals surface area (Å²) in [5.74, 6) is 2.05. The van der Waals surface area contributed by atoms with Gasteiger partial charge < -0.3 is 19.9 Å². The molecule has 0 radical (unpaired) electrons. The normalized spacial score (nSPS) is 18.5. The smallest absolute Gasteiger partial charge is 0.236 e. The van der Waals surface area contributed by atoms with Gasteiger partial charge in [-0.25, -0.2) is 0 Å². The van der Waals surface area contributed by atoms with E-state index in [1.807, 2.05) is 33.7 Å². The summed E-state index contributed by atoms with van der Waals surface area (Å²) >= 11 is 0. The van der Waals surface area contributed by atoms with Gasteiger partial charge >= 0.3 is 0 Å². The Morgan fingerprint density at radius 2 is 1.90 bits per heavy atom. The van der Waals surface area contributed by atoms with Crippen LogP contribution in [0.1, 0.15) is 12.7 Å². The van der Waals surface area contributed by atoms with Crippen molar-refractivity contribution in [1.82, 2.24) is 34.6 Å². The van der Waals surface area contributed by atoms with Crippen molar-refractivity contribution in [1.29, 1.82) is 0 Å². The van der Waals surface area contributed by atoms with Crippen molar-refractivity contribution >= 4 is 17.5 Å². The molecule has 1 amide bonds. The van der Waals surface area contributed by atoms with E-state index in [-0.39, 0.29) is 5.91 Å². The van der Waals surface area contributed by atoms with Crippen molar-refractivity contribution in [3.05, 3.63) is 30.2 Å². The summed E-state index contributed by atoms with van der Waals surface area (Å²) in [5.41, 5.74) is 0.858. The highest BCUT2D eigenvalue weighted by Gasteiger charge is 2.24. The van der Waals surface area contributed by atoms with E-state index in [1.165, 1.54) is 0 Å². The number of pyridine rings is 1. The van der Waals surface area contributed by atoms with Gasteiger partial charge in [-0.1, -0.05) is 6.07 Å². The Morgan fingerprint density at radius 1 is 1.10 bits per heavy atom. The third kappa shape index (κ3) is 5.50. The fourth-order valence-electron chi connectivity index (χ4n) is 3.97. The number of amides is 1. The van der Waals surface area contributed by atoms with E-state index >= 15 is 0 Å². The third-order valence-electron chi connectivity index (χ3n) is 5.71. The maximum atomic E-state index is 12.5. The van der Waals surface area contributed by atoms with E-state index in [0.717, 1.165) is 56.6 Å². The highest BCUT2D eigenvalue weighted by Crippen LogP contribution is 2.07. The van der Waals surface area contributed by atoms with Gasteiger partial charge in [-0.15, -0.1) is 10.2 Å². The van der Waals surface area contributed by atoms with Gasteiger partial charge in [-0.05, 0) is 19.1 Å². The van der Waals surface area contributed by atoms with Gasteiger partial charge in [0.05, 0.1) is 19.8 Å². The van der Waals surface area contributed by atoms with Crippen molar-refractivity contribution in [3.63, 3.8) is 0 Å². The molecule has 4 rings (SSSR count). The topological polar surface area (TPSA) is 90.6 Å². The second kappa shape index (κ2) is 10.5. The molecule has 10 nitrogen and oxygen atoms in total. The highest BCUT2D eigenvalue weighted by molar-refractivity contribution is 5.80. The summed E-state index contributed by atoms with van der Waals surface area (Å²) in [6.45, 7) is 10.2. The van der Waals surface area contributed by atoms with E-state index in [2.05, 4.69) is 32.2 Å². The number of carbonyl (C=O) groups is 1. The Balaban J connectivity index is 1.28. The summed E-state index contributed by atoms with van der Waals surface area (Å²) in [6, 6.07) is 5.90. The Labute approximate surface area is 182 Å². The molecule has 2 fully saturated rings. The fraction of sp³-hybridized carbons (Fsp3) is 0.619. The van der Waals surface area contributed by atoms with Gasteiger partial charge in [0.25, 0.3) is 0 Å². The van der Waals surface area contributed by atoms with E-state index < -0.39 is 0 Å². The van der Waals surface area contributed by atoms with Crippen molar-refractivity contribution in [2.45, 2.75) is 13.3 Å². The number of ether oxygens (including phenoxy) is 1. The molecule has 4 heterocycles. The lowest BCUT2D eigenvalue weighted by molar-refractivity contribution is -0.136. The number of rotatable bonds is 6. The van der Waals surface area contributed by atoms with Crippen LogP contribution in [-0.4, -0.2) is 113 Å². The number of nitrogens with one attached hydrogen (secondary N) is 1. The van der Waals surface area contributed by atoms with Gasteiger partial charge in [-0.3, -0.25) is 19.1 Å². The maximum Gasteiger partial charge on any atom is 0.236 e. The van der Waals surface area contributed by atoms with Crippen LogP contribution in [0.2, 0.25) is 0 Å². The van der Waals surface area contributed by atoms with Crippen molar-refractivity contribution in [2.24, 2.45) is 4.99 Å². The second-order valence-electron chi connectivity index (χ2n) is 7.79. The minimum atomic E-state index is 0.206. The molecule has 31 heavy (non-hydrogen) atoms. The average Bonchev–Trinajstić information content (AvgIpc) is 3.23. The molecular weight excluding hydrogens is 396 g/mol. The second-order valence-corrected chi connectivity index (χ2v) is 7.79. The molecule has 0 bridgehead atoms. The quantitative estimate of drug-likeness (QED) is 0.500. The van der Waals surface area contributed by atoms with E-state index in [0.29, 0.717) is 39.4 Å². The number of nitrogens with zero attached hydrogens (tertiary/aromatic N) is 7. The molecule has 168 valence electrons. The van der Waals surface area contributed by atoms with Crippen LogP contribution >= 0.6 is 0 Å². The Morgan fingerprint density at radius 3 is 2.68 bits per heavy atom. The monoisotopic (exact) mass is 428 g/mol. The molecule has 2 aliphatic heterocycles. The first-order chi connectivity index (χ1) is 15.2. The SMILES string of the molecule is CCNC(=NCCc1nnc2ccccn12)N1CCN(CC(=O)N2CCOCC2)CC1. The van der Waals surface area contributed by atoms with Gasteiger partial charge in [-0.2, -0.15) is 0 Å². The molecule has 10 heteroatoms. The number of carbonyl (C=O) groups excluding carboxylic acids is 1. The molecule has 0 unspecified atom stereocenters. The van der Waals surface area contributed by atoms with Gasteiger partial charge in [0, 0.05) is 65.0 Å². The van der Waals surface area contributed by atoms with Gasteiger partial charge in [0.15, 0.2) is 11.6 Å². The van der Waals surface area contributed by atoms with Crippen LogP contribution in [0.5, 0.6) is 0 Å². The van der Waals surface area contributed by atoms with E-state index in [4.69, 9.17) is 9.73 Å². The molecule has 1 N–H and O–H groups in total. The number of aromatic nitrogens is 3. The molecule has 2 saturated heterocycles. The fourth-order valence-corrected chi connectivity index (χ4v) is 3.97. The zero-order chi connectivity index (χ0) is 21.5. The Bertz CT molecular complexity index is 884. The minimum Gasteiger partial charge on any atom is -0.378 e. The molecule has 0 spiro atoms. The highest BCUT2D eigenvalue weighted by atomic mass is 16.5. The number of guanidine groups is 1. The van der Waals surface area contributed by atoms with Crippen LogP contribution < -0.4 is 5.32 Å². The average molecular weight is 429 g/mol. The third-order valence-corrected chi connectivity index (χ3v) is 5.71. The number of hydrogen-bond donors (Lipinski definition) is 1. The van der Waals surface area contributed by atoms with Crippen LogP contribution in [0.3, 0.4) is 0 Å². The van der Waals surface area contributed by atoms with Crippen molar-refractivity contribution in [3.8, 4) is 0 Å². The maximum absolute atomic E-state index is 12.5. The number of aliphatic imine (C=N–C) groups is 1. The lowest BCUT2D eigenvalue weighted by Crippen LogP contribution is -2.55. The number of piperazine rings is 1. The summed E-state index contributed by atoms with van der Waals surface area (Å²) in [5, 5.41) is 11.9. The first-order valence-electron chi connectivity index (χ1n) is 11.1. The van der Waals surface area contributed by atoms with Crippen molar-refractivity contribution < 1.29 is 9.53 Å². The Kier molecular flexibility index (Phi) is 7.31. The number of fused-ring (bicyclic) bond motifs is 1. The molecule has 2 aliphatic rings. The standard InChI is InChI=1S/C21H32N8O2/c1-2-22-21(23-7-6-19-25-24-18-5-3-4-8-29(18)19)28-11-9-26(10-12-28)17-20(30)27-13-15-31-16-14-27/h3-5,8H,2,6-7,9-17H2,1H3,(H,22,23). The van der Waals surface area contributed by atoms with Crippen LogP contribution in [0.25, 0.3) is 5.65 Å². The summed E-state index contributed by atoms with van der Waals surface area (Å²) in [6.07, 6.45) is 2.71. The van der Waals surface area contributed by atoms with Gasteiger partial charge in [0.2, 0.25) is 5.91 Å². The van der Waals surface area contributed by atoms with Crippen LogP contribution in [0, 0.1) is 0 Å². The van der Waals surface area contributed by atoms with Crippen LogP contribution in [-0.2, 0) is 16.0 Å². The van der Waals surface area contributed by atoms with Crippen molar-refractivity contribution in [2.75, 3.05) is 72.1 Å². The molecule has 0 saturated carbocycles. The zero-order valence-electron chi connectivity index (χ0n) is 18.2. The van der Waals surface area contributed by atoms with Crippen LogP contribution in [0.4, 0.5) is 0 Å². The Hall–Kier alpha value is -2.72. The van der Waals surface area contributed by atoms with Gasteiger partial charge in [0.1, 0.15) is 5.82 Å². The molecule has 0 aliphatic carbocycles. The minimum absolute atomic E-state index is 0.206. The largest absolute Gasteiger partial charge is 0.378 e. The summed E-state index contributed by atoms with van der Waals surface area (Å²) in [4.78, 5) is 23.7. The molecule has 0 atom stereocenters.